The van der Waals surface area contributed by atoms with Gasteiger partial charge in [-0.15, -0.1) is 0 Å². The number of carbonyl (C=O) groups is 3. The van der Waals surface area contributed by atoms with Gasteiger partial charge in [0.25, 0.3) is 11.1 Å². The molecule has 2 amide bonds. The van der Waals surface area contributed by atoms with Crippen molar-refractivity contribution in [1.29, 1.82) is 0 Å². The quantitative estimate of drug-likeness (QED) is 0.115. The van der Waals surface area contributed by atoms with Crippen molar-refractivity contribution in [2.24, 2.45) is 0 Å². The molecule has 0 saturated carbocycles. The molecule has 0 atom stereocenters. The van der Waals surface area contributed by atoms with Crippen molar-refractivity contribution in [2.45, 2.75) is 6.54 Å². The van der Waals surface area contributed by atoms with Gasteiger partial charge in [0.2, 0.25) is 0 Å². The topological polar surface area (TPSA) is 72.9 Å². The first-order valence-electron chi connectivity index (χ1n) is 10.2. The summed E-state index contributed by atoms with van der Waals surface area (Å²) in [5.41, 5.74) is 1.53. The second-order valence-electron chi connectivity index (χ2n) is 7.43. The number of imide groups is 1. The van der Waals surface area contributed by atoms with Crippen LogP contribution >= 0.6 is 69.2 Å². The van der Waals surface area contributed by atoms with Crippen LogP contribution in [0.1, 0.15) is 21.5 Å². The maximum absolute atomic E-state index is 13.0. The average molecular weight is 675 g/mol. The molecular formula is C25H15Cl3INO5S. The van der Waals surface area contributed by atoms with E-state index < -0.39 is 17.1 Å². The summed E-state index contributed by atoms with van der Waals surface area (Å²) in [5.74, 6) is -0.482. The molecule has 4 rings (SSSR count). The molecule has 11 heteroatoms. The minimum absolute atomic E-state index is 0.0262. The Kier molecular flexibility index (Phi) is 8.52. The lowest BCUT2D eigenvalue weighted by Gasteiger charge is -2.14. The van der Waals surface area contributed by atoms with Crippen molar-refractivity contribution in [1.82, 2.24) is 4.90 Å². The number of hydrogen-bond acceptors (Lipinski definition) is 6. The van der Waals surface area contributed by atoms with E-state index >= 15 is 0 Å². The molecule has 1 aliphatic heterocycles. The van der Waals surface area contributed by atoms with Gasteiger partial charge >= 0.3 is 5.97 Å². The second-order valence-corrected chi connectivity index (χ2v) is 10.9. The van der Waals surface area contributed by atoms with E-state index in [-0.39, 0.29) is 17.2 Å². The number of hydrogen-bond donors (Lipinski definition) is 0. The predicted octanol–water partition coefficient (Wildman–Crippen LogP) is 7.72. The zero-order valence-electron chi connectivity index (χ0n) is 18.4. The lowest BCUT2D eigenvalue weighted by Crippen LogP contribution is -2.27. The van der Waals surface area contributed by atoms with Gasteiger partial charge < -0.3 is 9.47 Å². The molecular weight excluding hydrogens is 660 g/mol. The van der Waals surface area contributed by atoms with Crippen LogP contribution in [-0.4, -0.2) is 29.1 Å². The van der Waals surface area contributed by atoms with Crippen molar-refractivity contribution in [3.63, 3.8) is 0 Å². The number of ether oxygens (including phenoxy) is 2. The highest BCUT2D eigenvalue weighted by Gasteiger charge is 2.35. The van der Waals surface area contributed by atoms with Crippen LogP contribution in [0, 0.1) is 3.57 Å². The van der Waals surface area contributed by atoms with E-state index in [1.165, 1.54) is 7.11 Å². The normalized spacial score (nSPS) is 14.5. The third kappa shape index (κ3) is 6.00. The molecule has 0 bridgehead atoms. The van der Waals surface area contributed by atoms with E-state index in [1.54, 1.807) is 60.7 Å². The Labute approximate surface area is 239 Å². The fourth-order valence-electron chi connectivity index (χ4n) is 3.27. The maximum Gasteiger partial charge on any atom is 0.343 e. The van der Waals surface area contributed by atoms with Gasteiger partial charge in [-0.3, -0.25) is 14.5 Å². The summed E-state index contributed by atoms with van der Waals surface area (Å²) in [6.07, 6.45) is 1.59. The molecule has 0 spiro atoms. The Bertz CT molecular complexity index is 1410. The number of amides is 2. The molecule has 3 aromatic carbocycles. The summed E-state index contributed by atoms with van der Waals surface area (Å²) in [4.78, 5) is 39.5. The highest BCUT2D eigenvalue weighted by atomic mass is 127. The SMILES string of the molecule is COc1cc(/C=C2\SC(=O)N(Cc3ccc(Cl)cc3Cl)C2=O)cc(I)c1OC(=O)c1ccc(Cl)cc1. The minimum Gasteiger partial charge on any atom is -0.493 e. The number of benzene rings is 3. The molecule has 0 unspecified atom stereocenters. The van der Waals surface area contributed by atoms with Gasteiger partial charge in [0.1, 0.15) is 0 Å². The van der Waals surface area contributed by atoms with E-state index in [4.69, 9.17) is 44.3 Å². The summed E-state index contributed by atoms with van der Waals surface area (Å²) >= 11 is 20.9. The van der Waals surface area contributed by atoms with Crippen molar-refractivity contribution in [2.75, 3.05) is 7.11 Å². The van der Waals surface area contributed by atoms with Crippen LogP contribution in [-0.2, 0) is 11.3 Å². The largest absolute Gasteiger partial charge is 0.493 e. The molecule has 0 aromatic heterocycles. The van der Waals surface area contributed by atoms with Crippen molar-refractivity contribution >= 4 is 92.3 Å². The van der Waals surface area contributed by atoms with Gasteiger partial charge in [-0.2, -0.15) is 0 Å². The summed E-state index contributed by atoms with van der Waals surface area (Å²) in [6, 6.07) is 14.5. The number of esters is 1. The highest BCUT2D eigenvalue weighted by molar-refractivity contribution is 14.1. The van der Waals surface area contributed by atoms with Gasteiger partial charge in [-0.05, 0) is 100 Å². The van der Waals surface area contributed by atoms with Gasteiger partial charge in [-0.25, -0.2) is 4.79 Å². The zero-order valence-corrected chi connectivity index (χ0v) is 23.6. The number of nitrogens with zero attached hydrogens (tertiary/aromatic N) is 1. The second kappa shape index (κ2) is 11.4. The Balaban J connectivity index is 1.56. The van der Waals surface area contributed by atoms with Crippen LogP contribution in [0.3, 0.4) is 0 Å². The first-order chi connectivity index (χ1) is 17.2. The first kappa shape index (κ1) is 26.8. The minimum atomic E-state index is -0.572. The summed E-state index contributed by atoms with van der Waals surface area (Å²) in [7, 11) is 1.44. The number of methoxy groups -OCH3 is 1. The standard InChI is InChI=1S/C25H15Cl3INO5S/c1-34-20-9-13(8-19(29)22(20)35-24(32)14-2-5-16(26)6-3-14)10-21-23(31)30(25(33)36-21)12-15-4-7-17(27)11-18(15)28/h2-11H,12H2,1H3/b21-10-. The average Bonchev–Trinajstić information content (AvgIpc) is 3.09. The van der Waals surface area contributed by atoms with Gasteiger partial charge in [-0.1, -0.05) is 40.9 Å². The van der Waals surface area contributed by atoms with Crippen LogP contribution in [0.4, 0.5) is 4.79 Å². The number of carbonyl (C=O) groups excluding carboxylic acids is 3. The third-order valence-electron chi connectivity index (χ3n) is 5.04. The van der Waals surface area contributed by atoms with Crippen LogP contribution < -0.4 is 9.47 Å². The van der Waals surface area contributed by atoms with Crippen molar-refractivity contribution < 1.29 is 23.9 Å². The number of rotatable bonds is 6. The molecule has 0 radical (unpaired) electrons. The van der Waals surface area contributed by atoms with Gasteiger partial charge in [0.05, 0.1) is 27.7 Å². The summed E-state index contributed by atoms with van der Waals surface area (Å²) in [5, 5.41) is 0.924. The Morgan fingerprint density at radius 3 is 2.39 bits per heavy atom. The molecule has 1 heterocycles. The molecule has 1 fully saturated rings. The lowest BCUT2D eigenvalue weighted by molar-refractivity contribution is -0.123. The van der Waals surface area contributed by atoms with Crippen molar-refractivity contribution in [3.8, 4) is 11.5 Å². The van der Waals surface area contributed by atoms with E-state index in [0.717, 1.165) is 16.7 Å². The van der Waals surface area contributed by atoms with Crippen LogP contribution in [0.15, 0.2) is 59.5 Å². The predicted molar refractivity (Wildman–Crippen MR) is 150 cm³/mol. The molecule has 6 nitrogen and oxygen atoms in total. The van der Waals surface area contributed by atoms with E-state index in [0.29, 0.717) is 41.1 Å². The Morgan fingerprint density at radius 1 is 1.03 bits per heavy atom. The highest BCUT2D eigenvalue weighted by Crippen LogP contribution is 2.38. The summed E-state index contributed by atoms with van der Waals surface area (Å²) in [6.45, 7) is 0.0262. The monoisotopic (exact) mass is 673 g/mol. The molecule has 0 N–H and O–H groups in total. The number of thioether (sulfide) groups is 1. The fraction of sp³-hybridized carbons (Fsp3) is 0.0800. The van der Waals surface area contributed by atoms with Crippen LogP contribution in [0.25, 0.3) is 6.08 Å². The Morgan fingerprint density at radius 2 is 1.72 bits per heavy atom. The zero-order chi connectivity index (χ0) is 26.0. The molecule has 3 aromatic rings. The number of halogens is 4. The van der Waals surface area contributed by atoms with Crippen LogP contribution in [0.2, 0.25) is 15.1 Å². The lowest BCUT2D eigenvalue weighted by atomic mass is 10.1. The maximum atomic E-state index is 13.0. The molecule has 36 heavy (non-hydrogen) atoms. The van der Waals surface area contributed by atoms with Crippen molar-refractivity contribution in [3.05, 3.63) is 94.8 Å². The smallest absolute Gasteiger partial charge is 0.343 e. The fourth-order valence-corrected chi connectivity index (χ4v) is 5.44. The molecule has 0 aliphatic carbocycles. The van der Waals surface area contributed by atoms with E-state index in [1.807, 2.05) is 22.6 Å². The Hall–Kier alpha value is -2.24. The molecule has 1 saturated heterocycles. The van der Waals surface area contributed by atoms with Gasteiger partial charge in [0, 0.05) is 15.1 Å². The summed E-state index contributed by atoms with van der Waals surface area (Å²) < 4.78 is 11.6. The van der Waals surface area contributed by atoms with Crippen LogP contribution in [0.5, 0.6) is 11.5 Å². The molecule has 184 valence electrons. The first-order valence-corrected chi connectivity index (χ1v) is 13.2. The van der Waals surface area contributed by atoms with E-state index in [2.05, 4.69) is 0 Å². The molecule has 1 aliphatic rings. The van der Waals surface area contributed by atoms with Gasteiger partial charge in [0.15, 0.2) is 11.5 Å². The third-order valence-corrected chi connectivity index (χ3v) is 7.59. The van der Waals surface area contributed by atoms with E-state index in [9.17, 15) is 14.4 Å².